The van der Waals surface area contributed by atoms with E-state index in [-0.39, 0.29) is 28.7 Å². The van der Waals surface area contributed by atoms with Gasteiger partial charge in [0, 0.05) is 18.6 Å². The van der Waals surface area contributed by atoms with E-state index in [2.05, 4.69) is 14.9 Å². The van der Waals surface area contributed by atoms with Gasteiger partial charge < -0.3 is 4.74 Å². The molecule has 1 aromatic carbocycles. The van der Waals surface area contributed by atoms with Crippen LogP contribution in [0.2, 0.25) is 0 Å². The number of halogens is 1. The summed E-state index contributed by atoms with van der Waals surface area (Å²) in [5.74, 6) is 0.0550. The fourth-order valence-corrected chi connectivity index (χ4v) is 7.02. The highest BCUT2D eigenvalue weighted by Gasteiger charge is 2.39. The first-order valence-electron chi connectivity index (χ1n) is 11.2. The van der Waals surface area contributed by atoms with Crippen molar-refractivity contribution < 1.29 is 22.3 Å². The van der Waals surface area contributed by atoms with E-state index in [4.69, 9.17) is 11.3 Å². The summed E-state index contributed by atoms with van der Waals surface area (Å²) < 4.78 is 46.7. The number of carbonyl (C=O) groups excluding carboxylic acids is 1. The monoisotopic (exact) mass is 502 g/mol. The van der Waals surface area contributed by atoms with Gasteiger partial charge in [0.15, 0.2) is 26.4 Å². The molecule has 3 aromatic rings. The van der Waals surface area contributed by atoms with Gasteiger partial charge in [0.1, 0.15) is 11.0 Å². The van der Waals surface area contributed by atoms with Crippen LogP contribution in [0.25, 0.3) is 15.7 Å². The SMILES string of the molecule is [C-]#[N+]c1cc(S(=O)(=O)C2CC2)c2cnn([C@@H](CC3CCOCC3)C(=O)Cc3ncc(F)s3)c2c1. The quantitative estimate of drug-likeness (QED) is 0.427. The maximum absolute atomic E-state index is 13.5. The number of ether oxygens (including phenoxy) is 1. The van der Waals surface area contributed by atoms with Crippen LogP contribution < -0.4 is 0 Å². The van der Waals surface area contributed by atoms with Crippen molar-refractivity contribution in [2.45, 2.75) is 54.7 Å². The van der Waals surface area contributed by atoms with Crippen LogP contribution in [0.5, 0.6) is 0 Å². The predicted molar refractivity (Wildman–Crippen MR) is 124 cm³/mol. The van der Waals surface area contributed by atoms with Crippen molar-refractivity contribution >= 4 is 43.5 Å². The van der Waals surface area contributed by atoms with Crippen LogP contribution >= 0.6 is 11.3 Å². The van der Waals surface area contributed by atoms with Crippen LogP contribution in [0.1, 0.15) is 43.2 Å². The number of ketones is 1. The molecule has 0 N–H and O–H groups in total. The summed E-state index contributed by atoms with van der Waals surface area (Å²) in [5, 5.41) is 4.38. The van der Waals surface area contributed by atoms with Crippen LogP contribution in [0.3, 0.4) is 0 Å². The zero-order valence-corrected chi connectivity index (χ0v) is 19.9. The number of nitrogens with zero attached hydrogens (tertiary/aromatic N) is 4. The van der Waals surface area contributed by atoms with Crippen LogP contribution in [0, 0.1) is 17.6 Å². The van der Waals surface area contributed by atoms with Crippen LogP contribution in [0.15, 0.2) is 29.4 Å². The van der Waals surface area contributed by atoms with E-state index in [1.807, 2.05) is 0 Å². The minimum atomic E-state index is -3.58. The Labute approximate surface area is 200 Å². The van der Waals surface area contributed by atoms with Crippen molar-refractivity contribution in [1.29, 1.82) is 0 Å². The molecule has 1 atom stereocenters. The fraction of sp³-hybridized carbons (Fsp3) is 0.478. The van der Waals surface area contributed by atoms with E-state index >= 15 is 0 Å². The maximum atomic E-state index is 13.5. The second kappa shape index (κ2) is 9.17. The number of hydrogen-bond donors (Lipinski definition) is 0. The Balaban J connectivity index is 1.58. The van der Waals surface area contributed by atoms with Crippen molar-refractivity contribution in [1.82, 2.24) is 14.8 Å². The molecule has 0 bridgehead atoms. The first-order chi connectivity index (χ1) is 16.4. The molecule has 0 radical (unpaired) electrons. The Morgan fingerprint density at radius 2 is 2.03 bits per heavy atom. The van der Waals surface area contributed by atoms with Crippen molar-refractivity contribution in [3.8, 4) is 0 Å². The van der Waals surface area contributed by atoms with E-state index in [1.165, 1.54) is 12.3 Å². The van der Waals surface area contributed by atoms with E-state index in [9.17, 15) is 17.6 Å². The van der Waals surface area contributed by atoms with Gasteiger partial charge in [-0.2, -0.15) is 9.49 Å². The van der Waals surface area contributed by atoms with Gasteiger partial charge in [-0.1, -0.05) is 11.3 Å². The van der Waals surface area contributed by atoms with Crippen LogP contribution in [-0.2, 0) is 25.8 Å². The standard InChI is InChI=1S/C23H23FN4O4S2/c1-25-15-9-18-17(21(10-15)34(30,31)16-2-3-16)12-27-28(18)19(8-14-4-6-32-7-5-14)20(29)11-23-26-13-22(24)33-23/h9-10,12-14,16,19H,2-8,11H2/t19-/m0/s1. The third-order valence-corrected chi connectivity index (χ3v) is 9.56. The molecule has 2 aliphatic rings. The maximum Gasteiger partial charge on any atom is 0.196 e. The molecule has 2 aromatic heterocycles. The lowest BCUT2D eigenvalue weighted by Gasteiger charge is -2.26. The summed E-state index contributed by atoms with van der Waals surface area (Å²) in [4.78, 5) is 21.0. The van der Waals surface area contributed by atoms with Crippen molar-refractivity contribution in [3.05, 3.63) is 46.1 Å². The number of Topliss-reactive ketones (excluding diaryl/α,β-unsaturated/α-hetero) is 1. The average molecular weight is 503 g/mol. The summed E-state index contributed by atoms with van der Waals surface area (Å²) in [6.45, 7) is 8.73. The van der Waals surface area contributed by atoms with Gasteiger partial charge in [-0.05, 0) is 50.2 Å². The zero-order valence-electron chi connectivity index (χ0n) is 18.3. The van der Waals surface area contributed by atoms with Crippen LogP contribution in [0.4, 0.5) is 10.1 Å². The van der Waals surface area contributed by atoms with Gasteiger partial charge in [-0.15, -0.1) is 0 Å². The minimum Gasteiger partial charge on any atom is -0.381 e. The number of hydrogen-bond acceptors (Lipinski definition) is 7. The molecule has 0 unspecified atom stereocenters. The summed E-state index contributed by atoms with van der Waals surface area (Å²) in [6.07, 6.45) is 5.87. The highest BCUT2D eigenvalue weighted by atomic mass is 32.2. The molecule has 8 nitrogen and oxygen atoms in total. The predicted octanol–water partition coefficient (Wildman–Crippen LogP) is 4.29. The molecule has 178 valence electrons. The molecule has 3 heterocycles. The van der Waals surface area contributed by atoms with Gasteiger partial charge in [0.25, 0.3) is 0 Å². The number of fused-ring (bicyclic) bond motifs is 1. The number of rotatable bonds is 8. The molecule has 34 heavy (non-hydrogen) atoms. The molecule has 1 saturated carbocycles. The normalized spacial score (nSPS) is 18.1. The third kappa shape index (κ3) is 4.50. The highest BCUT2D eigenvalue weighted by Crippen LogP contribution is 2.39. The number of aromatic nitrogens is 3. The molecule has 2 fully saturated rings. The van der Waals surface area contributed by atoms with E-state index in [1.54, 1.807) is 10.7 Å². The topological polar surface area (TPSA) is 95.5 Å². The van der Waals surface area contributed by atoms with E-state index in [0.29, 0.717) is 48.4 Å². The van der Waals surface area contributed by atoms with Gasteiger partial charge in [-0.3, -0.25) is 9.48 Å². The van der Waals surface area contributed by atoms with Crippen molar-refractivity contribution in [3.63, 3.8) is 0 Å². The first kappa shape index (κ1) is 23.1. The Hall–Kier alpha value is -2.68. The van der Waals surface area contributed by atoms with Gasteiger partial charge in [0.2, 0.25) is 0 Å². The number of thiazole rings is 1. The van der Waals surface area contributed by atoms with Gasteiger partial charge >= 0.3 is 0 Å². The largest absolute Gasteiger partial charge is 0.381 e. The van der Waals surface area contributed by atoms with Crippen LogP contribution in [-0.4, -0.2) is 47.4 Å². The lowest BCUT2D eigenvalue weighted by atomic mass is 9.90. The molecule has 1 aliphatic carbocycles. The average Bonchev–Trinajstić information content (AvgIpc) is 3.51. The Morgan fingerprint density at radius 1 is 1.26 bits per heavy atom. The molecule has 0 spiro atoms. The number of sulfone groups is 1. The molecule has 1 saturated heterocycles. The summed E-state index contributed by atoms with van der Waals surface area (Å²) in [5.41, 5.74) is 0.635. The summed E-state index contributed by atoms with van der Waals surface area (Å²) in [6, 6.07) is 2.31. The zero-order chi connectivity index (χ0) is 23.9. The molecule has 0 amide bonds. The lowest BCUT2D eigenvalue weighted by molar-refractivity contribution is -0.122. The fourth-order valence-electron chi connectivity index (χ4n) is 4.51. The molecule has 1 aliphatic heterocycles. The van der Waals surface area contributed by atoms with E-state index < -0.39 is 26.3 Å². The number of carbonyl (C=O) groups is 1. The van der Waals surface area contributed by atoms with E-state index in [0.717, 1.165) is 30.4 Å². The minimum absolute atomic E-state index is 0.0421. The second-order valence-corrected chi connectivity index (χ2v) is 12.1. The summed E-state index contributed by atoms with van der Waals surface area (Å²) in [7, 11) is -3.58. The molecular formula is C23H23FN4O4S2. The van der Waals surface area contributed by atoms with Gasteiger partial charge in [-0.25, -0.2) is 18.2 Å². The van der Waals surface area contributed by atoms with Crippen molar-refractivity contribution in [2.75, 3.05) is 13.2 Å². The Bertz CT molecular complexity index is 1380. The Kier molecular flexibility index (Phi) is 6.22. The van der Waals surface area contributed by atoms with Gasteiger partial charge in [0.05, 0.1) is 41.0 Å². The second-order valence-electron chi connectivity index (χ2n) is 8.83. The molecular weight excluding hydrogens is 479 g/mol. The number of benzene rings is 1. The molecule has 5 rings (SSSR count). The summed E-state index contributed by atoms with van der Waals surface area (Å²) >= 11 is 0.835. The third-order valence-electron chi connectivity index (χ3n) is 6.48. The van der Waals surface area contributed by atoms with Crippen molar-refractivity contribution in [2.24, 2.45) is 5.92 Å². The lowest BCUT2D eigenvalue weighted by Crippen LogP contribution is -2.27. The first-order valence-corrected chi connectivity index (χ1v) is 13.6. The molecule has 11 heteroatoms. The highest BCUT2D eigenvalue weighted by molar-refractivity contribution is 7.92. The Morgan fingerprint density at radius 3 is 2.68 bits per heavy atom. The smallest absolute Gasteiger partial charge is 0.196 e.